The van der Waals surface area contributed by atoms with Crippen LogP contribution in [0.25, 0.3) is 71.6 Å². The predicted molar refractivity (Wildman–Crippen MR) is 267 cm³/mol. The van der Waals surface area contributed by atoms with Gasteiger partial charge in [0.05, 0.1) is 16.7 Å². The Hall–Kier alpha value is -7.16. The third kappa shape index (κ3) is 6.30. The van der Waals surface area contributed by atoms with Crippen molar-refractivity contribution in [1.82, 2.24) is 4.57 Å². The zero-order valence-corrected chi connectivity index (χ0v) is 36.1. The van der Waals surface area contributed by atoms with Crippen LogP contribution < -0.4 is 4.90 Å². The zero-order chi connectivity index (χ0) is 42.1. The molecule has 12 rings (SSSR count). The maximum Gasteiger partial charge on any atom is 0.0547 e. The smallest absolute Gasteiger partial charge is 0.0547 e. The van der Waals surface area contributed by atoms with Crippen LogP contribution in [0.15, 0.2) is 200 Å². The Morgan fingerprint density at radius 3 is 1.86 bits per heavy atom. The number of aromatic nitrogens is 1. The number of nitrogens with zero attached hydrogens (tertiary/aromatic N) is 2. The Labute approximate surface area is 370 Å². The summed E-state index contributed by atoms with van der Waals surface area (Å²) in [5.74, 6) is 0.701. The number of fused-ring (bicyclic) bond motifs is 7. The molecule has 9 aromatic carbocycles. The number of anilines is 3. The van der Waals surface area contributed by atoms with Crippen molar-refractivity contribution in [2.75, 3.05) is 4.90 Å². The molecule has 0 unspecified atom stereocenters. The lowest BCUT2D eigenvalue weighted by Gasteiger charge is -2.30. The lowest BCUT2D eigenvalue weighted by atomic mass is 9.82. The molecule has 1 aromatic heterocycles. The van der Waals surface area contributed by atoms with E-state index in [-0.39, 0.29) is 5.41 Å². The summed E-state index contributed by atoms with van der Waals surface area (Å²) in [7, 11) is 0. The van der Waals surface area contributed by atoms with Gasteiger partial charge < -0.3 is 9.47 Å². The molecule has 1 saturated carbocycles. The van der Waals surface area contributed by atoms with E-state index in [4.69, 9.17) is 0 Å². The molecule has 1 fully saturated rings. The highest BCUT2D eigenvalue weighted by Crippen LogP contribution is 2.52. The molecule has 2 aliphatic rings. The molecule has 0 spiro atoms. The molecule has 0 N–H and O–H groups in total. The van der Waals surface area contributed by atoms with Gasteiger partial charge in [-0.15, -0.1) is 0 Å². The Morgan fingerprint density at radius 2 is 1.06 bits per heavy atom. The lowest BCUT2D eigenvalue weighted by Crippen LogP contribution is -2.15. The van der Waals surface area contributed by atoms with Gasteiger partial charge >= 0.3 is 0 Å². The molecule has 0 saturated heterocycles. The van der Waals surface area contributed by atoms with Crippen LogP contribution in [0.1, 0.15) is 68.6 Å². The molecule has 63 heavy (non-hydrogen) atoms. The molecule has 0 aliphatic heterocycles. The molecule has 2 heteroatoms. The third-order valence-corrected chi connectivity index (χ3v) is 14.4. The van der Waals surface area contributed by atoms with Gasteiger partial charge in [-0.3, -0.25) is 0 Å². The molecule has 0 amide bonds. The summed E-state index contributed by atoms with van der Waals surface area (Å²) in [6.07, 6.45) is 6.72. The summed E-state index contributed by atoms with van der Waals surface area (Å²) in [5.41, 5.74) is 18.6. The van der Waals surface area contributed by atoms with Gasteiger partial charge in [0.2, 0.25) is 0 Å². The van der Waals surface area contributed by atoms with Crippen LogP contribution in [0.3, 0.4) is 0 Å². The van der Waals surface area contributed by atoms with Crippen molar-refractivity contribution in [3.63, 3.8) is 0 Å². The number of benzene rings is 9. The van der Waals surface area contributed by atoms with Crippen molar-refractivity contribution >= 4 is 49.6 Å². The van der Waals surface area contributed by atoms with Crippen molar-refractivity contribution in [1.29, 1.82) is 0 Å². The first-order valence-electron chi connectivity index (χ1n) is 22.9. The first kappa shape index (κ1) is 37.6. The van der Waals surface area contributed by atoms with Gasteiger partial charge in [0.25, 0.3) is 0 Å². The lowest BCUT2D eigenvalue weighted by molar-refractivity contribution is 0.443. The SMILES string of the molecule is CC1(C)c2ccccc2-c2cc(N(c3ccc(-c4ccc(C5CCCCC5)cc4)cc3)c3cc4ccccc4cc3-c3ccc4c5ccccc5n(-c5ccccc5)c4c3)ccc21. The normalized spacial score (nSPS) is 14.6. The standard InChI is InChI=1S/C61H50N2/c1-61(2)56-23-13-11-21-51(56)55-40-50(34-36-57(55)61)62(49-32-29-44(30-33-49)43-27-25-42(26-28-43)41-15-5-3-6-16-41)60-38-46-18-10-9-17-45(46)37-54(60)47-31-35-53-52-22-12-14-24-58(52)63(59(53)39-47)48-19-7-4-8-20-48/h4,7-14,17-41H,3,5-6,15-16H2,1-2H3. The highest BCUT2D eigenvalue weighted by atomic mass is 15.1. The molecule has 10 aromatic rings. The van der Waals surface area contributed by atoms with Gasteiger partial charge in [-0.2, -0.15) is 0 Å². The van der Waals surface area contributed by atoms with E-state index >= 15 is 0 Å². The average molecular weight is 811 g/mol. The van der Waals surface area contributed by atoms with Crippen molar-refractivity contribution in [3.8, 4) is 39.1 Å². The van der Waals surface area contributed by atoms with Gasteiger partial charge in [-0.05, 0) is 135 Å². The zero-order valence-electron chi connectivity index (χ0n) is 36.1. The molecule has 2 aliphatic carbocycles. The first-order valence-corrected chi connectivity index (χ1v) is 22.9. The quantitative estimate of drug-likeness (QED) is 0.156. The number of hydrogen-bond donors (Lipinski definition) is 0. The van der Waals surface area contributed by atoms with Crippen LogP contribution in [-0.4, -0.2) is 4.57 Å². The van der Waals surface area contributed by atoms with Crippen molar-refractivity contribution in [3.05, 3.63) is 217 Å². The van der Waals surface area contributed by atoms with E-state index < -0.39 is 0 Å². The number of hydrogen-bond acceptors (Lipinski definition) is 1. The summed E-state index contributed by atoms with van der Waals surface area (Å²) in [6.45, 7) is 4.73. The predicted octanol–water partition coefficient (Wildman–Crippen LogP) is 17.1. The Morgan fingerprint density at radius 1 is 0.444 bits per heavy atom. The summed E-state index contributed by atoms with van der Waals surface area (Å²) in [5, 5.41) is 4.94. The molecule has 2 nitrogen and oxygen atoms in total. The van der Waals surface area contributed by atoms with E-state index in [1.807, 2.05) is 0 Å². The minimum Gasteiger partial charge on any atom is -0.310 e. The molecule has 1 heterocycles. The van der Waals surface area contributed by atoms with E-state index in [0.29, 0.717) is 5.92 Å². The summed E-state index contributed by atoms with van der Waals surface area (Å²) < 4.78 is 2.42. The summed E-state index contributed by atoms with van der Waals surface area (Å²) in [4.78, 5) is 2.50. The Kier molecular flexibility index (Phi) is 8.97. The largest absolute Gasteiger partial charge is 0.310 e. The highest BCUT2D eigenvalue weighted by Gasteiger charge is 2.36. The fourth-order valence-corrected chi connectivity index (χ4v) is 11.1. The van der Waals surface area contributed by atoms with Gasteiger partial charge in [0, 0.05) is 38.8 Å². The maximum absolute atomic E-state index is 2.50. The maximum atomic E-state index is 2.50. The van der Waals surface area contributed by atoms with Gasteiger partial charge in [-0.1, -0.05) is 173 Å². The van der Waals surface area contributed by atoms with Crippen LogP contribution in [0.2, 0.25) is 0 Å². The van der Waals surface area contributed by atoms with E-state index in [1.54, 1.807) is 0 Å². The van der Waals surface area contributed by atoms with Crippen LogP contribution in [0.4, 0.5) is 17.1 Å². The Balaban J connectivity index is 1.06. The second-order valence-electron chi connectivity index (χ2n) is 18.4. The Bertz CT molecular complexity index is 3330. The number of para-hydroxylation sites is 2. The minimum absolute atomic E-state index is 0.0792. The van der Waals surface area contributed by atoms with Crippen LogP contribution in [0.5, 0.6) is 0 Å². The summed E-state index contributed by atoms with van der Waals surface area (Å²) >= 11 is 0. The van der Waals surface area contributed by atoms with Crippen molar-refractivity contribution in [2.45, 2.75) is 57.3 Å². The molecular formula is C61H50N2. The average Bonchev–Trinajstić information content (AvgIpc) is 3.79. The minimum atomic E-state index is -0.0792. The highest BCUT2D eigenvalue weighted by molar-refractivity contribution is 6.11. The first-order chi connectivity index (χ1) is 31.0. The van der Waals surface area contributed by atoms with Gasteiger partial charge in [-0.25, -0.2) is 0 Å². The molecule has 0 atom stereocenters. The van der Waals surface area contributed by atoms with E-state index in [2.05, 4.69) is 224 Å². The second-order valence-corrected chi connectivity index (χ2v) is 18.4. The fourth-order valence-electron chi connectivity index (χ4n) is 11.1. The van der Waals surface area contributed by atoms with E-state index in [1.165, 1.54) is 115 Å². The van der Waals surface area contributed by atoms with Crippen LogP contribution in [-0.2, 0) is 5.41 Å². The second kappa shape index (κ2) is 15.0. The number of rotatable bonds is 7. The van der Waals surface area contributed by atoms with Crippen LogP contribution in [0, 0.1) is 0 Å². The molecule has 0 bridgehead atoms. The topological polar surface area (TPSA) is 8.17 Å². The monoisotopic (exact) mass is 810 g/mol. The van der Waals surface area contributed by atoms with E-state index in [9.17, 15) is 0 Å². The fraction of sp³-hybridized carbons (Fsp3) is 0.148. The van der Waals surface area contributed by atoms with E-state index in [0.717, 1.165) is 22.7 Å². The molecule has 304 valence electrons. The molecule has 0 radical (unpaired) electrons. The van der Waals surface area contributed by atoms with Crippen molar-refractivity contribution in [2.24, 2.45) is 0 Å². The third-order valence-electron chi connectivity index (χ3n) is 14.4. The van der Waals surface area contributed by atoms with Gasteiger partial charge in [0.15, 0.2) is 0 Å². The van der Waals surface area contributed by atoms with Crippen molar-refractivity contribution < 1.29 is 0 Å². The molecular weight excluding hydrogens is 761 g/mol. The van der Waals surface area contributed by atoms with Gasteiger partial charge in [0.1, 0.15) is 0 Å². The van der Waals surface area contributed by atoms with Crippen LogP contribution >= 0.6 is 0 Å². The summed E-state index contributed by atoms with van der Waals surface area (Å²) in [6, 6.07) is 75.1.